The third-order valence-corrected chi connectivity index (χ3v) is 1.94. The Labute approximate surface area is 90.6 Å². The highest BCUT2D eigenvalue weighted by Gasteiger charge is 2.58. The predicted molar refractivity (Wildman–Crippen MR) is 50.5 cm³/mol. The second kappa shape index (κ2) is 5.21. The Hall–Kier alpha value is -1.96. The number of rotatable bonds is 6. The average molecular weight is 232 g/mol. The minimum atomic E-state index is -3.09. The lowest BCUT2D eigenvalue weighted by molar-refractivity contribution is -0.171. The largest absolute Gasteiger partial charge is 0.480 e. The number of hydrogen-bond acceptors (Lipinski definition) is 5. The SMILES string of the molecule is CNCNC(=O)C(C(C)=O)(C(=O)O)C(=O)O. The maximum atomic E-state index is 11.4. The smallest absolute Gasteiger partial charge is 0.338 e. The minimum absolute atomic E-state index is 0.144. The monoisotopic (exact) mass is 232 g/mol. The van der Waals surface area contributed by atoms with Crippen LogP contribution in [0.3, 0.4) is 0 Å². The van der Waals surface area contributed by atoms with Gasteiger partial charge in [-0.25, -0.2) is 9.59 Å². The molecular formula is C8H12N2O6. The van der Waals surface area contributed by atoms with Crippen molar-refractivity contribution in [1.82, 2.24) is 10.6 Å². The van der Waals surface area contributed by atoms with Crippen LogP contribution in [0.2, 0.25) is 0 Å². The molecule has 0 fully saturated rings. The molecule has 0 spiro atoms. The van der Waals surface area contributed by atoms with Gasteiger partial charge in [0.05, 0.1) is 6.67 Å². The van der Waals surface area contributed by atoms with E-state index in [1.165, 1.54) is 7.05 Å². The molecule has 0 saturated carbocycles. The molecule has 0 aromatic carbocycles. The van der Waals surface area contributed by atoms with E-state index in [0.717, 1.165) is 6.92 Å². The van der Waals surface area contributed by atoms with Gasteiger partial charge in [-0.15, -0.1) is 0 Å². The number of aliphatic carboxylic acids is 2. The number of carbonyl (C=O) groups excluding carboxylic acids is 2. The third kappa shape index (κ3) is 2.16. The van der Waals surface area contributed by atoms with Crippen molar-refractivity contribution in [3.05, 3.63) is 0 Å². The summed E-state index contributed by atoms with van der Waals surface area (Å²) in [6.07, 6.45) is 0. The number of nitrogens with one attached hydrogen (secondary N) is 2. The fourth-order valence-electron chi connectivity index (χ4n) is 1.05. The molecule has 0 radical (unpaired) electrons. The Morgan fingerprint density at radius 1 is 1.12 bits per heavy atom. The van der Waals surface area contributed by atoms with Crippen LogP contribution in [0.4, 0.5) is 0 Å². The summed E-state index contributed by atoms with van der Waals surface area (Å²) in [7, 11) is 1.46. The topological polar surface area (TPSA) is 133 Å². The quantitative estimate of drug-likeness (QED) is 0.308. The Bertz CT molecular complexity index is 301. The fourth-order valence-corrected chi connectivity index (χ4v) is 1.05. The van der Waals surface area contributed by atoms with Crippen molar-refractivity contribution in [1.29, 1.82) is 0 Å². The zero-order chi connectivity index (χ0) is 12.9. The van der Waals surface area contributed by atoms with E-state index in [4.69, 9.17) is 10.2 Å². The number of amides is 1. The molecule has 8 heteroatoms. The normalized spacial score (nSPS) is 10.6. The highest BCUT2D eigenvalue weighted by Crippen LogP contribution is 2.20. The lowest BCUT2D eigenvalue weighted by Crippen LogP contribution is -2.57. The maximum absolute atomic E-state index is 11.4. The zero-order valence-corrected chi connectivity index (χ0v) is 8.73. The number of carboxylic acid groups (broad SMARTS) is 2. The van der Waals surface area contributed by atoms with Gasteiger partial charge in [-0.3, -0.25) is 9.59 Å². The van der Waals surface area contributed by atoms with E-state index in [9.17, 15) is 19.2 Å². The molecule has 16 heavy (non-hydrogen) atoms. The molecule has 90 valence electrons. The van der Waals surface area contributed by atoms with Crippen LogP contribution >= 0.6 is 0 Å². The number of carbonyl (C=O) groups is 4. The van der Waals surface area contributed by atoms with Gasteiger partial charge in [0.1, 0.15) is 0 Å². The summed E-state index contributed by atoms with van der Waals surface area (Å²) in [4.78, 5) is 44.2. The van der Waals surface area contributed by atoms with Gasteiger partial charge in [0.15, 0.2) is 5.78 Å². The molecule has 0 unspecified atom stereocenters. The fraction of sp³-hybridized carbons (Fsp3) is 0.500. The zero-order valence-electron chi connectivity index (χ0n) is 8.73. The first-order valence-corrected chi connectivity index (χ1v) is 4.22. The number of carboxylic acids is 2. The molecule has 1 amide bonds. The van der Waals surface area contributed by atoms with Crippen LogP contribution in [-0.2, 0) is 19.2 Å². The van der Waals surface area contributed by atoms with Crippen LogP contribution in [0.15, 0.2) is 0 Å². The van der Waals surface area contributed by atoms with Crippen molar-refractivity contribution in [3.63, 3.8) is 0 Å². The van der Waals surface area contributed by atoms with Gasteiger partial charge in [0.25, 0.3) is 11.3 Å². The average Bonchev–Trinajstić information content (AvgIpc) is 2.13. The first-order chi connectivity index (χ1) is 7.31. The van der Waals surface area contributed by atoms with Crippen molar-refractivity contribution < 1.29 is 29.4 Å². The summed E-state index contributed by atoms with van der Waals surface area (Å²) >= 11 is 0. The summed E-state index contributed by atoms with van der Waals surface area (Å²) in [5, 5.41) is 21.9. The number of hydrogen-bond donors (Lipinski definition) is 4. The van der Waals surface area contributed by atoms with Gasteiger partial charge < -0.3 is 20.8 Å². The molecule has 4 N–H and O–H groups in total. The van der Waals surface area contributed by atoms with E-state index in [-0.39, 0.29) is 6.67 Å². The van der Waals surface area contributed by atoms with Crippen molar-refractivity contribution >= 4 is 23.6 Å². The summed E-state index contributed by atoms with van der Waals surface area (Å²) in [6, 6.07) is 0. The predicted octanol–water partition coefficient (Wildman–Crippen LogP) is -1.98. The lowest BCUT2D eigenvalue weighted by Gasteiger charge is -2.20. The molecule has 0 saturated heterocycles. The molecule has 0 bridgehead atoms. The lowest BCUT2D eigenvalue weighted by atomic mass is 9.83. The minimum Gasteiger partial charge on any atom is -0.480 e. The first kappa shape index (κ1) is 14.0. The van der Waals surface area contributed by atoms with Crippen molar-refractivity contribution in [2.45, 2.75) is 6.92 Å². The maximum Gasteiger partial charge on any atom is 0.338 e. The first-order valence-electron chi connectivity index (χ1n) is 4.22. The van der Waals surface area contributed by atoms with Gasteiger partial charge in [-0.05, 0) is 14.0 Å². The second-order valence-electron chi connectivity index (χ2n) is 2.95. The number of Topliss-reactive ketones (excluding diaryl/α,β-unsaturated/α-hetero) is 1. The van der Waals surface area contributed by atoms with Crippen molar-refractivity contribution in [3.8, 4) is 0 Å². The molecule has 0 aromatic heterocycles. The van der Waals surface area contributed by atoms with E-state index < -0.39 is 29.0 Å². The summed E-state index contributed by atoms with van der Waals surface area (Å²) in [5.41, 5.74) is -3.09. The molecule has 0 aliphatic heterocycles. The van der Waals surface area contributed by atoms with E-state index in [0.29, 0.717) is 0 Å². The van der Waals surface area contributed by atoms with E-state index in [2.05, 4.69) is 5.32 Å². The number of ketones is 1. The second-order valence-corrected chi connectivity index (χ2v) is 2.95. The summed E-state index contributed by atoms with van der Waals surface area (Å²) < 4.78 is 0. The highest BCUT2D eigenvalue weighted by molar-refractivity contribution is 6.34. The van der Waals surface area contributed by atoms with Crippen LogP contribution in [0.1, 0.15) is 6.92 Å². The van der Waals surface area contributed by atoms with Gasteiger partial charge >= 0.3 is 11.9 Å². The van der Waals surface area contributed by atoms with Gasteiger partial charge in [0.2, 0.25) is 0 Å². The van der Waals surface area contributed by atoms with E-state index >= 15 is 0 Å². The standard InChI is InChI=1S/C8H12N2O6/c1-4(11)8(6(13)14,7(15)16)5(12)10-3-9-2/h9H,3H2,1-2H3,(H,10,12)(H,13,14)(H,15,16). The molecule has 0 heterocycles. The van der Waals surface area contributed by atoms with Gasteiger partial charge in [-0.1, -0.05) is 0 Å². The molecular weight excluding hydrogens is 220 g/mol. The highest BCUT2D eigenvalue weighted by atomic mass is 16.4. The third-order valence-electron chi connectivity index (χ3n) is 1.94. The Kier molecular flexibility index (Phi) is 4.58. The summed E-state index contributed by atoms with van der Waals surface area (Å²) in [6.45, 7) is 0.593. The van der Waals surface area contributed by atoms with E-state index in [1.54, 1.807) is 0 Å². The van der Waals surface area contributed by atoms with Gasteiger partial charge in [-0.2, -0.15) is 0 Å². The van der Waals surface area contributed by atoms with Crippen LogP contribution in [-0.4, -0.2) is 47.6 Å². The molecule has 0 rings (SSSR count). The van der Waals surface area contributed by atoms with Gasteiger partial charge in [0, 0.05) is 0 Å². The molecule has 0 aliphatic rings. The van der Waals surface area contributed by atoms with Crippen molar-refractivity contribution in [2.24, 2.45) is 5.41 Å². The molecule has 0 aromatic rings. The van der Waals surface area contributed by atoms with Crippen LogP contribution < -0.4 is 10.6 Å². The van der Waals surface area contributed by atoms with Crippen LogP contribution in [0.5, 0.6) is 0 Å². The van der Waals surface area contributed by atoms with E-state index in [1.807, 2.05) is 5.32 Å². The summed E-state index contributed by atoms with van der Waals surface area (Å²) in [5.74, 6) is -6.67. The van der Waals surface area contributed by atoms with Crippen LogP contribution in [0, 0.1) is 5.41 Å². The van der Waals surface area contributed by atoms with Crippen molar-refractivity contribution in [2.75, 3.05) is 13.7 Å². The Morgan fingerprint density at radius 2 is 1.56 bits per heavy atom. The molecule has 8 nitrogen and oxygen atoms in total. The molecule has 0 aliphatic carbocycles. The molecule has 0 atom stereocenters. The Balaban J connectivity index is 5.37. The Morgan fingerprint density at radius 3 is 1.81 bits per heavy atom. The van der Waals surface area contributed by atoms with Crippen LogP contribution in [0.25, 0.3) is 0 Å².